The molecule has 3 saturated heterocycles. The van der Waals surface area contributed by atoms with E-state index in [1.807, 2.05) is 11.0 Å². The van der Waals surface area contributed by atoms with Crippen LogP contribution in [0.1, 0.15) is 12.0 Å². The van der Waals surface area contributed by atoms with Crippen molar-refractivity contribution in [1.82, 2.24) is 14.7 Å². The lowest BCUT2D eigenvalue weighted by atomic mass is 10.2. The summed E-state index contributed by atoms with van der Waals surface area (Å²) in [6.07, 6.45) is 0.689. The number of amides is 1. The molecule has 2 atom stereocenters. The summed E-state index contributed by atoms with van der Waals surface area (Å²) in [6, 6.07) is 6.81. The lowest BCUT2D eigenvalue weighted by molar-refractivity contribution is 0.0362. The number of benzene rings is 1. The number of morpholine rings is 1. The Morgan fingerprint density at radius 3 is 2.77 bits per heavy atom. The third-order valence-corrected chi connectivity index (χ3v) is 5.47. The zero-order valence-corrected chi connectivity index (χ0v) is 15.0. The topological polar surface area (TPSA) is 45.2 Å². The van der Waals surface area contributed by atoms with Gasteiger partial charge in [-0.2, -0.15) is 0 Å². The van der Waals surface area contributed by atoms with E-state index in [4.69, 9.17) is 9.47 Å². The summed E-state index contributed by atoms with van der Waals surface area (Å²) in [5, 5.41) is 0. The molecule has 0 aliphatic carbocycles. The molecule has 1 aromatic carbocycles. The molecular weight excluding hydrogens is 337 g/mol. The van der Waals surface area contributed by atoms with Crippen LogP contribution in [-0.2, 0) is 16.0 Å². The maximum atomic E-state index is 13.4. The fourth-order valence-electron chi connectivity index (χ4n) is 4.15. The Hall–Kier alpha value is -1.70. The molecule has 26 heavy (non-hydrogen) atoms. The third-order valence-electron chi connectivity index (χ3n) is 5.47. The molecule has 142 valence electrons. The predicted octanol–water partition coefficient (Wildman–Crippen LogP) is 1.55. The number of hydrogen-bond acceptors (Lipinski definition) is 5. The number of carbonyl (C=O) groups is 1. The minimum atomic E-state index is -0.210. The summed E-state index contributed by atoms with van der Waals surface area (Å²) in [5.41, 5.74) is 0.954. The predicted molar refractivity (Wildman–Crippen MR) is 94.3 cm³/mol. The molecule has 1 amide bonds. The van der Waals surface area contributed by atoms with Gasteiger partial charge < -0.3 is 14.4 Å². The summed E-state index contributed by atoms with van der Waals surface area (Å²) in [4.78, 5) is 18.7. The second-order valence-corrected chi connectivity index (χ2v) is 7.31. The van der Waals surface area contributed by atoms with Gasteiger partial charge in [-0.1, -0.05) is 12.1 Å². The first kappa shape index (κ1) is 17.7. The first-order valence-electron chi connectivity index (χ1n) is 9.43. The molecule has 0 bridgehead atoms. The number of likely N-dealkylation sites (tertiary alicyclic amines) is 1. The highest BCUT2D eigenvalue weighted by Crippen LogP contribution is 2.28. The normalized spacial score (nSPS) is 27.0. The SMILES string of the molecule is O=C1O[C@@H]2CN(Cc3cccc(F)c3)C[C@@H]2N1CCCN1CCOCC1. The van der Waals surface area contributed by atoms with E-state index >= 15 is 0 Å². The highest BCUT2D eigenvalue weighted by atomic mass is 19.1. The molecule has 0 spiro atoms. The smallest absolute Gasteiger partial charge is 0.410 e. The van der Waals surface area contributed by atoms with Crippen molar-refractivity contribution < 1.29 is 18.7 Å². The van der Waals surface area contributed by atoms with Crippen LogP contribution < -0.4 is 0 Å². The largest absolute Gasteiger partial charge is 0.442 e. The average molecular weight is 363 g/mol. The van der Waals surface area contributed by atoms with Crippen molar-refractivity contribution >= 4 is 6.09 Å². The first-order valence-corrected chi connectivity index (χ1v) is 9.43. The molecule has 0 unspecified atom stereocenters. The average Bonchev–Trinajstić information content (AvgIpc) is 3.13. The summed E-state index contributed by atoms with van der Waals surface area (Å²) in [6.45, 7) is 7.43. The molecule has 0 aromatic heterocycles. The van der Waals surface area contributed by atoms with Gasteiger partial charge in [0.05, 0.1) is 19.3 Å². The van der Waals surface area contributed by atoms with Gasteiger partial charge in [0.25, 0.3) is 0 Å². The van der Waals surface area contributed by atoms with Crippen LogP contribution in [0.5, 0.6) is 0 Å². The number of fused-ring (bicyclic) bond motifs is 1. The molecule has 6 nitrogen and oxygen atoms in total. The van der Waals surface area contributed by atoms with Gasteiger partial charge in [0.2, 0.25) is 0 Å². The Labute approximate surface area is 153 Å². The third kappa shape index (κ3) is 4.00. The van der Waals surface area contributed by atoms with Crippen LogP contribution in [0.3, 0.4) is 0 Å². The van der Waals surface area contributed by atoms with Gasteiger partial charge in [-0.05, 0) is 24.1 Å². The minimum Gasteiger partial charge on any atom is -0.442 e. The molecule has 4 rings (SSSR count). The summed E-state index contributed by atoms with van der Waals surface area (Å²) < 4.78 is 24.3. The zero-order valence-electron chi connectivity index (χ0n) is 15.0. The molecule has 0 saturated carbocycles. The number of halogens is 1. The monoisotopic (exact) mass is 363 g/mol. The van der Waals surface area contributed by atoms with E-state index in [2.05, 4.69) is 9.80 Å². The minimum absolute atomic E-state index is 0.0700. The van der Waals surface area contributed by atoms with Gasteiger partial charge in [0.1, 0.15) is 11.9 Å². The quantitative estimate of drug-likeness (QED) is 0.767. The summed E-state index contributed by atoms with van der Waals surface area (Å²) >= 11 is 0. The fourth-order valence-corrected chi connectivity index (χ4v) is 4.15. The van der Waals surface area contributed by atoms with E-state index in [0.717, 1.165) is 57.9 Å². The van der Waals surface area contributed by atoms with E-state index in [0.29, 0.717) is 13.1 Å². The van der Waals surface area contributed by atoms with E-state index < -0.39 is 0 Å². The van der Waals surface area contributed by atoms with Crippen LogP contribution in [0.15, 0.2) is 24.3 Å². The Morgan fingerprint density at radius 1 is 1.12 bits per heavy atom. The van der Waals surface area contributed by atoms with Crippen LogP contribution in [-0.4, -0.2) is 85.4 Å². The molecule has 3 heterocycles. The lowest BCUT2D eigenvalue weighted by Gasteiger charge is -2.28. The van der Waals surface area contributed by atoms with Crippen molar-refractivity contribution in [2.45, 2.75) is 25.1 Å². The van der Waals surface area contributed by atoms with Gasteiger partial charge >= 0.3 is 6.09 Å². The molecule has 0 radical (unpaired) electrons. The molecule has 0 N–H and O–H groups in total. The molecule has 3 aliphatic rings. The highest BCUT2D eigenvalue weighted by Gasteiger charge is 2.47. The maximum Gasteiger partial charge on any atom is 0.410 e. The van der Waals surface area contributed by atoms with Gasteiger partial charge in [0.15, 0.2) is 0 Å². The van der Waals surface area contributed by atoms with Crippen molar-refractivity contribution in [3.05, 3.63) is 35.6 Å². The van der Waals surface area contributed by atoms with Crippen molar-refractivity contribution in [3.8, 4) is 0 Å². The van der Waals surface area contributed by atoms with E-state index in [1.165, 1.54) is 6.07 Å². The first-order chi connectivity index (χ1) is 12.7. The van der Waals surface area contributed by atoms with Gasteiger partial charge in [-0.25, -0.2) is 9.18 Å². The van der Waals surface area contributed by atoms with E-state index in [-0.39, 0.29) is 24.1 Å². The van der Waals surface area contributed by atoms with Crippen LogP contribution in [0.2, 0.25) is 0 Å². The number of carbonyl (C=O) groups excluding carboxylic acids is 1. The Kier molecular flexibility index (Phi) is 5.38. The summed E-state index contributed by atoms with van der Waals surface area (Å²) in [5.74, 6) is -0.210. The number of nitrogens with zero attached hydrogens (tertiary/aromatic N) is 3. The van der Waals surface area contributed by atoms with Gasteiger partial charge in [0, 0.05) is 45.8 Å². The Bertz CT molecular complexity index is 638. The lowest BCUT2D eigenvalue weighted by Crippen LogP contribution is -2.41. The van der Waals surface area contributed by atoms with Crippen LogP contribution in [0, 0.1) is 5.82 Å². The van der Waals surface area contributed by atoms with Gasteiger partial charge in [-0.3, -0.25) is 9.80 Å². The van der Waals surface area contributed by atoms with E-state index in [9.17, 15) is 9.18 Å². The number of ether oxygens (including phenoxy) is 2. The second-order valence-electron chi connectivity index (χ2n) is 7.31. The molecule has 3 aliphatic heterocycles. The highest BCUT2D eigenvalue weighted by molar-refractivity contribution is 5.71. The van der Waals surface area contributed by atoms with Crippen molar-refractivity contribution in [1.29, 1.82) is 0 Å². The fraction of sp³-hybridized carbons (Fsp3) is 0.632. The maximum absolute atomic E-state index is 13.4. The van der Waals surface area contributed by atoms with Crippen molar-refractivity contribution in [2.24, 2.45) is 0 Å². The van der Waals surface area contributed by atoms with Crippen molar-refractivity contribution in [2.75, 3.05) is 52.5 Å². The van der Waals surface area contributed by atoms with Crippen LogP contribution >= 0.6 is 0 Å². The zero-order chi connectivity index (χ0) is 17.9. The number of rotatable bonds is 6. The van der Waals surface area contributed by atoms with E-state index in [1.54, 1.807) is 12.1 Å². The standard InChI is InChI=1S/C19H26FN3O3/c20-16-4-1-3-15(11-16)12-22-13-17-18(14-22)26-19(24)23(17)6-2-5-21-7-9-25-10-8-21/h1,3-4,11,17-18H,2,5-10,12-14H2/t17-,18+/m0/s1. The van der Waals surface area contributed by atoms with Crippen molar-refractivity contribution in [3.63, 3.8) is 0 Å². The van der Waals surface area contributed by atoms with Crippen LogP contribution in [0.25, 0.3) is 0 Å². The van der Waals surface area contributed by atoms with Crippen LogP contribution in [0.4, 0.5) is 9.18 Å². The molecule has 1 aromatic rings. The summed E-state index contributed by atoms with van der Waals surface area (Å²) in [7, 11) is 0. The Balaban J connectivity index is 1.28. The number of hydrogen-bond donors (Lipinski definition) is 0. The second kappa shape index (κ2) is 7.90. The Morgan fingerprint density at radius 2 is 1.96 bits per heavy atom. The molecule has 7 heteroatoms. The van der Waals surface area contributed by atoms with Gasteiger partial charge in [-0.15, -0.1) is 0 Å². The molecular formula is C19H26FN3O3. The molecule has 3 fully saturated rings.